The summed E-state index contributed by atoms with van der Waals surface area (Å²) in [5.74, 6) is -0.284. The van der Waals surface area contributed by atoms with Crippen molar-refractivity contribution in [2.45, 2.75) is 78.1 Å². The third-order valence-electron chi connectivity index (χ3n) is 6.78. The van der Waals surface area contributed by atoms with Gasteiger partial charge in [0.15, 0.2) is 16.1 Å². The van der Waals surface area contributed by atoms with Gasteiger partial charge in [-0.1, -0.05) is 107 Å². The fraction of sp³-hybridized carbons (Fsp3) is 0.387. The molecule has 0 amide bonds. The lowest BCUT2D eigenvalue weighted by atomic mass is 9.97. The van der Waals surface area contributed by atoms with Gasteiger partial charge in [-0.25, -0.2) is 4.39 Å². The van der Waals surface area contributed by atoms with Crippen molar-refractivity contribution in [3.05, 3.63) is 76.2 Å². The Morgan fingerprint density at radius 2 is 1.35 bits per heavy atom. The van der Waals surface area contributed by atoms with E-state index < -0.39 is 0 Å². The molecule has 0 fully saturated rings. The highest BCUT2D eigenvalue weighted by Gasteiger charge is 2.14. The van der Waals surface area contributed by atoms with Crippen LogP contribution in [0.3, 0.4) is 0 Å². The summed E-state index contributed by atoms with van der Waals surface area (Å²) in [5.41, 5.74) is 4.59. The van der Waals surface area contributed by atoms with Crippen molar-refractivity contribution in [2.75, 3.05) is 0 Å². The van der Waals surface area contributed by atoms with Crippen LogP contribution in [0.1, 0.15) is 76.3 Å². The molecule has 0 N–H and O–H groups in total. The molecule has 3 heteroatoms. The summed E-state index contributed by atoms with van der Waals surface area (Å²) in [6, 6.07) is 18.9. The van der Waals surface area contributed by atoms with Crippen molar-refractivity contribution in [1.29, 1.82) is 0 Å². The molecule has 0 atom stereocenters. The molecule has 178 valence electrons. The minimum atomic E-state index is -0.284. The van der Waals surface area contributed by atoms with Gasteiger partial charge in [0.25, 0.3) is 0 Å². The van der Waals surface area contributed by atoms with Crippen LogP contribution in [0.4, 0.5) is 4.39 Å². The van der Waals surface area contributed by atoms with Crippen molar-refractivity contribution in [1.82, 2.24) is 0 Å². The fourth-order valence-electron chi connectivity index (χ4n) is 4.80. The van der Waals surface area contributed by atoms with Crippen molar-refractivity contribution in [3.63, 3.8) is 0 Å². The van der Waals surface area contributed by atoms with E-state index >= 15 is 0 Å². The quantitative estimate of drug-likeness (QED) is 0.122. The van der Waals surface area contributed by atoms with Gasteiger partial charge in [-0.3, -0.25) is 0 Å². The average molecular weight is 475 g/mol. The van der Waals surface area contributed by atoms with Crippen LogP contribution in [0.2, 0.25) is 0 Å². The number of hydrogen-bond acceptors (Lipinski definition) is 2. The Bertz CT molecular complexity index is 1300. The molecule has 0 spiro atoms. The van der Waals surface area contributed by atoms with E-state index in [1.54, 1.807) is 0 Å². The van der Waals surface area contributed by atoms with E-state index in [2.05, 4.69) is 43.3 Å². The maximum absolute atomic E-state index is 15.0. The smallest absolute Gasteiger partial charge is 0.198 e. The Kier molecular flexibility index (Phi) is 8.50. The standard InChI is InChI=1S/C31H35FOS/c1-3-5-6-7-8-9-10-12-22-13-15-23(16-14-22)25-18-19-26-27-20-17-24(11-4-2)29(32)30(27)33-31(34)28(26)21-25/h13-21H,3-12H2,1-2H3. The van der Waals surface area contributed by atoms with Gasteiger partial charge in [0.2, 0.25) is 0 Å². The van der Waals surface area contributed by atoms with Crippen LogP contribution in [0, 0.1) is 10.5 Å². The lowest BCUT2D eigenvalue weighted by Crippen LogP contribution is -1.92. The third-order valence-corrected chi connectivity index (χ3v) is 7.08. The highest BCUT2D eigenvalue weighted by molar-refractivity contribution is 7.71. The summed E-state index contributed by atoms with van der Waals surface area (Å²) in [4.78, 5) is 0. The Hall–Kier alpha value is -2.52. The topological polar surface area (TPSA) is 13.1 Å². The van der Waals surface area contributed by atoms with Gasteiger partial charge in [-0.15, -0.1) is 0 Å². The lowest BCUT2D eigenvalue weighted by molar-refractivity contribution is 0.538. The summed E-state index contributed by atoms with van der Waals surface area (Å²) in [6.45, 7) is 4.31. The first kappa shape index (κ1) is 24.6. The molecule has 0 saturated carbocycles. The van der Waals surface area contributed by atoms with E-state index in [4.69, 9.17) is 16.6 Å². The summed E-state index contributed by atoms with van der Waals surface area (Å²) >= 11 is 5.54. The van der Waals surface area contributed by atoms with Gasteiger partial charge in [0, 0.05) is 10.8 Å². The van der Waals surface area contributed by atoms with E-state index in [9.17, 15) is 4.39 Å². The molecule has 0 aliphatic rings. The number of fused-ring (bicyclic) bond motifs is 3. The predicted molar refractivity (Wildman–Crippen MR) is 146 cm³/mol. The second-order valence-corrected chi connectivity index (χ2v) is 9.75. The summed E-state index contributed by atoms with van der Waals surface area (Å²) in [5, 5.41) is 2.57. The number of rotatable bonds is 11. The molecular weight excluding hydrogens is 439 g/mol. The van der Waals surface area contributed by atoms with Gasteiger partial charge >= 0.3 is 0 Å². The molecule has 0 aliphatic carbocycles. The summed E-state index contributed by atoms with van der Waals surface area (Å²) in [6.07, 6.45) is 12.1. The lowest BCUT2D eigenvalue weighted by Gasteiger charge is -2.10. The van der Waals surface area contributed by atoms with Crippen molar-refractivity contribution >= 4 is 34.0 Å². The molecule has 1 aromatic heterocycles. The normalized spacial score (nSPS) is 11.5. The Morgan fingerprint density at radius 3 is 2.09 bits per heavy atom. The zero-order chi connectivity index (χ0) is 23.9. The van der Waals surface area contributed by atoms with E-state index in [1.807, 2.05) is 25.1 Å². The molecule has 0 saturated heterocycles. The van der Waals surface area contributed by atoms with Crippen LogP contribution < -0.4 is 0 Å². The molecule has 1 nitrogen and oxygen atoms in total. The first-order valence-corrected chi connectivity index (χ1v) is 13.3. The average Bonchev–Trinajstić information content (AvgIpc) is 2.86. The molecule has 3 aromatic carbocycles. The summed E-state index contributed by atoms with van der Waals surface area (Å²) in [7, 11) is 0. The molecule has 1 heterocycles. The maximum Gasteiger partial charge on any atom is 0.198 e. The first-order valence-electron chi connectivity index (χ1n) is 12.9. The minimum absolute atomic E-state index is 0.269. The summed E-state index contributed by atoms with van der Waals surface area (Å²) < 4.78 is 21.2. The predicted octanol–water partition coefficient (Wildman–Crippen LogP) is 10.4. The molecule has 34 heavy (non-hydrogen) atoms. The van der Waals surface area contributed by atoms with Crippen LogP contribution in [0.5, 0.6) is 0 Å². The number of halogens is 1. The molecule has 0 radical (unpaired) electrons. The first-order chi connectivity index (χ1) is 16.6. The molecule has 0 unspecified atom stereocenters. The third kappa shape index (κ3) is 5.58. The molecule has 4 rings (SSSR count). The SMILES string of the molecule is CCCCCCCCCc1ccc(-c2ccc3c(c2)c(=S)oc2c(F)c(CCC)ccc23)cc1. The van der Waals surface area contributed by atoms with Gasteiger partial charge < -0.3 is 4.42 Å². The molecular formula is C31H35FOS. The number of hydrogen-bond donors (Lipinski definition) is 0. The zero-order valence-electron chi connectivity index (χ0n) is 20.5. The second kappa shape index (κ2) is 11.8. The van der Waals surface area contributed by atoms with Crippen LogP contribution >= 0.6 is 12.2 Å². The van der Waals surface area contributed by atoms with E-state index in [-0.39, 0.29) is 11.4 Å². The van der Waals surface area contributed by atoms with Gasteiger partial charge in [0.1, 0.15) is 0 Å². The highest BCUT2D eigenvalue weighted by Crippen LogP contribution is 2.33. The van der Waals surface area contributed by atoms with E-state index in [0.717, 1.165) is 40.1 Å². The van der Waals surface area contributed by atoms with Crippen molar-refractivity contribution < 1.29 is 8.81 Å². The van der Waals surface area contributed by atoms with Crippen molar-refractivity contribution in [2.24, 2.45) is 0 Å². The monoisotopic (exact) mass is 474 g/mol. The molecule has 0 aliphatic heterocycles. The van der Waals surface area contributed by atoms with Crippen LogP contribution in [-0.2, 0) is 12.8 Å². The van der Waals surface area contributed by atoms with Crippen LogP contribution in [0.25, 0.3) is 32.9 Å². The largest absolute Gasteiger partial charge is 0.441 e. The van der Waals surface area contributed by atoms with Gasteiger partial charge in [-0.2, -0.15) is 0 Å². The Labute approximate surface area is 208 Å². The van der Waals surface area contributed by atoms with Crippen molar-refractivity contribution in [3.8, 4) is 11.1 Å². The number of benzene rings is 3. The van der Waals surface area contributed by atoms with Crippen LogP contribution in [0.15, 0.2) is 59.0 Å². The molecule has 0 bridgehead atoms. The maximum atomic E-state index is 15.0. The highest BCUT2D eigenvalue weighted by atomic mass is 32.1. The zero-order valence-corrected chi connectivity index (χ0v) is 21.3. The number of aryl methyl sites for hydroxylation is 2. The van der Waals surface area contributed by atoms with E-state index in [1.165, 1.54) is 50.5 Å². The fourth-order valence-corrected chi connectivity index (χ4v) is 5.05. The van der Waals surface area contributed by atoms with Crippen LogP contribution in [-0.4, -0.2) is 0 Å². The van der Waals surface area contributed by atoms with Gasteiger partial charge in [-0.05, 0) is 65.2 Å². The second-order valence-electron chi connectivity index (χ2n) is 9.38. The van der Waals surface area contributed by atoms with Gasteiger partial charge in [0.05, 0.1) is 0 Å². The van der Waals surface area contributed by atoms with E-state index in [0.29, 0.717) is 16.7 Å². The Morgan fingerprint density at radius 1 is 0.676 bits per heavy atom. The molecule has 4 aromatic rings. The number of unbranched alkanes of at least 4 members (excludes halogenated alkanes) is 6. The minimum Gasteiger partial charge on any atom is -0.441 e. The Balaban J connectivity index is 1.51.